The van der Waals surface area contributed by atoms with Crippen LogP contribution in [0, 0.1) is 0 Å². The second-order valence-electron chi connectivity index (χ2n) is 6.29. The van der Waals surface area contributed by atoms with Crippen molar-refractivity contribution in [3.63, 3.8) is 0 Å². The van der Waals surface area contributed by atoms with Gasteiger partial charge in [0.25, 0.3) is 0 Å². The molecule has 0 radical (unpaired) electrons. The zero-order chi connectivity index (χ0) is 18.7. The van der Waals surface area contributed by atoms with Crippen LogP contribution >= 0.6 is 0 Å². The Labute approximate surface area is 147 Å². The fraction of sp³-hybridized carbons (Fsp3) is 1.00. The van der Waals surface area contributed by atoms with Crippen LogP contribution < -0.4 is 0 Å². The molecule has 9 heteroatoms. The minimum Gasteiger partial charge on any atom is -0.387 e. The summed E-state index contributed by atoms with van der Waals surface area (Å²) < 4.78 is 52.5. The van der Waals surface area contributed by atoms with E-state index in [4.69, 9.17) is 33.2 Å². The third kappa shape index (κ3) is 4.14. The number of aliphatic hydroxyl groups is 1. The highest BCUT2D eigenvalue weighted by Gasteiger charge is 2.51. The van der Waals surface area contributed by atoms with Crippen LogP contribution in [0.25, 0.3) is 0 Å². The van der Waals surface area contributed by atoms with Crippen LogP contribution in [0.2, 0.25) is 0 Å². The summed E-state index contributed by atoms with van der Waals surface area (Å²) in [5.41, 5.74) is 0. The molecule has 2 heterocycles. The van der Waals surface area contributed by atoms with Crippen molar-refractivity contribution in [3.05, 3.63) is 0 Å². The van der Waals surface area contributed by atoms with Gasteiger partial charge >= 0.3 is 0 Å². The molecule has 0 unspecified atom stereocenters. The average Bonchev–Trinajstić information content (AvgIpc) is 2.55. The second-order valence-corrected chi connectivity index (χ2v) is 6.29. The topological polar surface area (TPSA) is 84.8 Å². The molecule has 2 saturated heterocycles. The first kappa shape index (κ1) is 20.9. The van der Waals surface area contributed by atoms with Crippen LogP contribution in [0.5, 0.6) is 0 Å². The number of methoxy groups -OCH3 is 4. The van der Waals surface area contributed by atoms with Gasteiger partial charge < -0.3 is 38.3 Å². The largest absolute Gasteiger partial charge is 0.387 e. The minimum absolute atomic E-state index is 0.447. The molecule has 0 amide bonds. The lowest BCUT2D eigenvalue weighted by Gasteiger charge is -2.47. The molecule has 0 saturated carbocycles. The number of aliphatic hydroxyl groups excluding tert-OH is 1. The fourth-order valence-corrected chi connectivity index (χ4v) is 3.52. The van der Waals surface area contributed by atoms with E-state index in [2.05, 4.69) is 0 Å². The summed E-state index contributed by atoms with van der Waals surface area (Å²) in [6.07, 6.45) is -8.35. The van der Waals surface area contributed by atoms with E-state index in [9.17, 15) is 9.50 Å². The van der Waals surface area contributed by atoms with Crippen LogP contribution in [0.4, 0.5) is 4.39 Å². The van der Waals surface area contributed by atoms with Crippen molar-refractivity contribution >= 4 is 0 Å². The van der Waals surface area contributed by atoms with E-state index in [1.54, 1.807) is 13.8 Å². The number of alkyl halides is 1. The summed E-state index contributed by atoms with van der Waals surface area (Å²) in [5.74, 6) is 0. The van der Waals surface area contributed by atoms with Crippen molar-refractivity contribution in [2.45, 2.75) is 75.3 Å². The third-order valence-electron chi connectivity index (χ3n) is 4.85. The van der Waals surface area contributed by atoms with Crippen molar-refractivity contribution in [2.24, 2.45) is 0 Å². The molecule has 2 aliphatic rings. The molecule has 0 spiro atoms. The van der Waals surface area contributed by atoms with Crippen molar-refractivity contribution in [1.29, 1.82) is 0 Å². The quantitative estimate of drug-likeness (QED) is 0.714. The standard InChI is InChI=1S/C16H29FO8/c1-7-10(19-3)9(18)12(21-5)16(24-7)25-13-11(20-4)8(2)23-15(17)14(13)22-6/h7-16,18H,1-6H3/t7-,8-,9+,10-,11-,12+,13+,14+,15+,16-/m0/s1. The number of ether oxygens (including phenoxy) is 7. The van der Waals surface area contributed by atoms with E-state index < -0.39 is 61.5 Å². The Kier molecular flexibility index (Phi) is 7.53. The van der Waals surface area contributed by atoms with E-state index in [1.165, 1.54) is 28.4 Å². The number of halogens is 1. The predicted octanol–water partition coefficient (Wildman–Crippen LogP) is 0.252. The summed E-state index contributed by atoms with van der Waals surface area (Å²) >= 11 is 0. The average molecular weight is 368 g/mol. The second kappa shape index (κ2) is 9.01. The predicted molar refractivity (Wildman–Crippen MR) is 83.8 cm³/mol. The number of hydrogen-bond acceptors (Lipinski definition) is 8. The molecule has 1 N–H and O–H groups in total. The monoisotopic (exact) mass is 368 g/mol. The van der Waals surface area contributed by atoms with Gasteiger partial charge in [-0.3, -0.25) is 0 Å². The first-order chi connectivity index (χ1) is 11.9. The molecule has 0 aromatic carbocycles. The van der Waals surface area contributed by atoms with Crippen molar-refractivity contribution in [1.82, 2.24) is 0 Å². The highest BCUT2D eigenvalue weighted by atomic mass is 19.1. The Balaban J connectivity index is 2.21. The lowest BCUT2D eigenvalue weighted by molar-refractivity contribution is -0.350. The summed E-state index contributed by atoms with van der Waals surface area (Å²) in [6, 6.07) is 0. The van der Waals surface area contributed by atoms with Crippen molar-refractivity contribution in [3.8, 4) is 0 Å². The Morgan fingerprint density at radius 2 is 1.24 bits per heavy atom. The summed E-state index contributed by atoms with van der Waals surface area (Å²) in [4.78, 5) is 0. The van der Waals surface area contributed by atoms with Gasteiger partial charge in [-0.15, -0.1) is 0 Å². The van der Waals surface area contributed by atoms with Crippen LogP contribution in [0.1, 0.15) is 13.8 Å². The summed E-state index contributed by atoms with van der Waals surface area (Å²) in [5, 5.41) is 10.5. The van der Waals surface area contributed by atoms with Crippen LogP contribution in [-0.4, -0.2) is 95.0 Å². The zero-order valence-electron chi connectivity index (χ0n) is 15.5. The molecule has 0 bridgehead atoms. The van der Waals surface area contributed by atoms with Crippen LogP contribution in [0.15, 0.2) is 0 Å². The SMILES string of the molecule is CO[C@@H]1[C@@H](O)[C@@H](OC)[C@H](O[C@@H]2[C@@H](OC)[C@H](C)O[C@@H](F)[C@@H]2OC)O[C@H]1C. The van der Waals surface area contributed by atoms with E-state index in [-0.39, 0.29) is 0 Å². The Morgan fingerprint density at radius 1 is 0.720 bits per heavy atom. The fourth-order valence-electron chi connectivity index (χ4n) is 3.52. The van der Waals surface area contributed by atoms with Gasteiger partial charge in [-0.25, -0.2) is 4.39 Å². The highest BCUT2D eigenvalue weighted by Crippen LogP contribution is 2.32. The third-order valence-corrected chi connectivity index (χ3v) is 4.85. The van der Waals surface area contributed by atoms with Gasteiger partial charge in [0.1, 0.15) is 36.6 Å². The minimum atomic E-state index is -1.67. The lowest BCUT2D eigenvalue weighted by Crippen LogP contribution is -2.63. The maximum atomic E-state index is 14.2. The van der Waals surface area contributed by atoms with E-state index in [0.717, 1.165) is 0 Å². The lowest BCUT2D eigenvalue weighted by atomic mass is 9.97. The summed E-state index contributed by atoms with van der Waals surface area (Å²) in [6.45, 7) is 3.45. The smallest absolute Gasteiger partial charge is 0.228 e. The van der Waals surface area contributed by atoms with Crippen molar-refractivity contribution in [2.75, 3.05) is 28.4 Å². The molecular formula is C16H29FO8. The Morgan fingerprint density at radius 3 is 1.76 bits per heavy atom. The van der Waals surface area contributed by atoms with E-state index in [1.807, 2.05) is 0 Å². The zero-order valence-corrected chi connectivity index (χ0v) is 15.5. The van der Waals surface area contributed by atoms with Gasteiger partial charge in [-0.1, -0.05) is 0 Å². The number of rotatable bonds is 6. The van der Waals surface area contributed by atoms with Gasteiger partial charge in [-0.05, 0) is 13.8 Å². The molecule has 10 atom stereocenters. The molecule has 2 fully saturated rings. The Bertz CT molecular complexity index is 398. The highest BCUT2D eigenvalue weighted by molar-refractivity contribution is 4.94. The molecule has 0 aromatic heterocycles. The van der Waals surface area contributed by atoms with Gasteiger partial charge in [0, 0.05) is 28.4 Å². The molecule has 2 aliphatic heterocycles. The molecule has 0 aromatic rings. The summed E-state index contributed by atoms with van der Waals surface area (Å²) in [7, 11) is 5.77. The van der Waals surface area contributed by atoms with Crippen molar-refractivity contribution < 1.29 is 42.7 Å². The Hall–Kier alpha value is -0.390. The van der Waals surface area contributed by atoms with Gasteiger partial charge in [-0.2, -0.15) is 0 Å². The molecule has 25 heavy (non-hydrogen) atoms. The van der Waals surface area contributed by atoms with Gasteiger partial charge in [0.05, 0.1) is 12.2 Å². The van der Waals surface area contributed by atoms with Crippen LogP contribution in [0.3, 0.4) is 0 Å². The molecule has 8 nitrogen and oxygen atoms in total. The van der Waals surface area contributed by atoms with E-state index in [0.29, 0.717) is 0 Å². The van der Waals surface area contributed by atoms with Gasteiger partial charge in [0.2, 0.25) is 6.36 Å². The molecule has 0 aliphatic carbocycles. The normalized spacial score (nSPS) is 48.5. The van der Waals surface area contributed by atoms with Gasteiger partial charge in [0.15, 0.2) is 6.29 Å². The molecular weight excluding hydrogens is 339 g/mol. The maximum Gasteiger partial charge on any atom is 0.228 e. The van der Waals surface area contributed by atoms with E-state index >= 15 is 0 Å². The van der Waals surface area contributed by atoms with Crippen LogP contribution in [-0.2, 0) is 33.2 Å². The first-order valence-electron chi connectivity index (χ1n) is 8.29. The molecule has 2 rings (SSSR count). The molecule has 148 valence electrons. The number of hydrogen-bond donors (Lipinski definition) is 1. The first-order valence-corrected chi connectivity index (χ1v) is 8.29. The maximum absolute atomic E-state index is 14.2.